The molecular weight excluding hydrogens is 452 g/mol. The van der Waals surface area contributed by atoms with E-state index in [1.165, 1.54) is 18.2 Å². The molecule has 0 aliphatic carbocycles. The van der Waals surface area contributed by atoms with Gasteiger partial charge < -0.3 is 14.7 Å². The van der Waals surface area contributed by atoms with Gasteiger partial charge in [0, 0.05) is 18.8 Å². The van der Waals surface area contributed by atoms with E-state index >= 15 is 0 Å². The first-order valence-corrected chi connectivity index (χ1v) is 12.7. The quantitative estimate of drug-likeness (QED) is 0.359. The van der Waals surface area contributed by atoms with Crippen molar-refractivity contribution in [3.05, 3.63) is 83.9 Å². The Labute approximate surface area is 201 Å². The number of aromatic carboxylic acids is 1. The summed E-state index contributed by atoms with van der Waals surface area (Å²) in [5.74, 6) is -0.545. The minimum atomic E-state index is -3.90. The van der Waals surface area contributed by atoms with Crippen LogP contribution in [0.1, 0.15) is 42.6 Å². The van der Waals surface area contributed by atoms with Crippen molar-refractivity contribution in [1.82, 2.24) is 0 Å². The normalized spacial score (nSPS) is 11.1. The molecule has 180 valence electrons. The first-order chi connectivity index (χ1) is 16.3. The van der Waals surface area contributed by atoms with Crippen molar-refractivity contribution < 1.29 is 23.1 Å². The zero-order chi connectivity index (χ0) is 24.6. The zero-order valence-corrected chi connectivity index (χ0v) is 20.2. The molecule has 0 radical (unpaired) electrons. The van der Waals surface area contributed by atoms with Crippen LogP contribution in [0.3, 0.4) is 0 Å². The number of carbonyl (C=O) groups is 1. The fourth-order valence-electron chi connectivity index (χ4n) is 3.58. The fraction of sp³-hybridized carbons (Fsp3) is 0.269. The van der Waals surface area contributed by atoms with E-state index in [9.17, 15) is 18.3 Å². The molecule has 0 aromatic heterocycles. The highest BCUT2D eigenvalue weighted by Gasteiger charge is 2.20. The van der Waals surface area contributed by atoms with Crippen molar-refractivity contribution in [2.75, 3.05) is 22.8 Å². The van der Waals surface area contributed by atoms with E-state index in [2.05, 4.69) is 11.6 Å². The number of carboxylic acids is 1. The molecule has 2 N–H and O–H groups in total. The summed E-state index contributed by atoms with van der Waals surface area (Å²) in [7, 11) is -3.90. The molecule has 0 fully saturated rings. The third-order valence-corrected chi connectivity index (χ3v) is 6.66. The van der Waals surface area contributed by atoms with Gasteiger partial charge in [0.05, 0.1) is 22.8 Å². The molecule has 0 amide bonds. The lowest BCUT2D eigenvalue weighted by Crippen LogP contribution is -2.26. The first kappa shape index (κ1) is 25.1. The molecular formula is C26H30N2O5S. The molecule has 3 rings (SSSR count). The zero-order valence-electron chi connectivity index (χ0n) is 19.4. The number of anilines is 2. The minimum Gasteiger partial charge on any atom is -0.494 e. The van der Waals surface area contributed by atoms with Crippen molar-refractivity contribution >= 4 is 27.4 Å². The van der Waals surface area contributed by atoms with Crippen LogP contribution in [0.5, 0.6) is 5.75 Å². The van der Waals surface area contributed by atoms with Crippen LogP contribution >= 0.6 is 0 Å². The Balaban J connectivity index is 1.89. The molecule has 34 heavy (non-hydrogen) atoms. The van der Waals surface area contributed by atoms with Crippen LogP contribution in [0.25, 0.3) is 0 Å². The summed E-state index contributed by atoms with van der Waals surface area (Å²) in [4.78, 5) is 14.2. The Morgan fingerprint density at radius 2 is 1.71 bits per heavy atom. The van der Waals surface area contributed by atoms with Gasteiger partial charge >= 0.3 is 5.97 Å². The largest absolute Gasteiger partial charge is 0.494 e. The lowest BCUT2D eigenvalue weighted by Gasteiger charge is -2.27. The highest BCUT2D eigenvalue weighted by atomic mass is 32.2. The molecule has 0 atom stereocenters. The molecule has 0 aliphatic rings. The number of nitrogens with zero attached hydrogens (tertiary/aromatic N) is 1. The third-order valence-electron chi connectivity index (χ3n) is 5.26. The summed E-state index contributed by atoms with van der Waals surface area (Å²) >= 11 is 0. The predicted octanol–water partition coefficient (Wildman–Crippen LogP) is 5.39. The Morgan fingerprint density at radius 1 is 1.00 bits per heavy atom. The van der Waals surface area contributed by atoms with Crippen molar-refractivity contribution in [2.45, 2.75) is 38.1 Å². The molecule has 3 aromatic rings. The smallest absolute Gasteiger partial charge is 0.337 e. The lowest BCUT2D eigenvalue weighted by molar-refractivity contribution is 0.0697. The SMILES string of the molecule is CCCCN(Cc1ccccc1)c1ccc(NS(=O)(=O)c2ccc(OCC)cc2)cc1C(=O)O. The molecule has 0 saturated carbocycles. The molecule has 3 aromatic carbocycles. The van der Waals surface area contributed by atoms with E-state index in [1.807, 2.05) is 42.2 Å². The summed E-state index contributed by atoms with van der Waals surface area (Å²) in [6, 6.07) is 20.5. The summed E-state index contributed by atoms with van der Waals surface area (Å²) in [5, 5.41) is 9.91. The van der Waals surface area contributed by atoms with Gasteiger partial charge in [0.15, 0.2) is 0 Å². The molecule has 0 heterocycles. The molecule has 0 unspecified atom stereocenters. The summed E-state index contributed by atoms with van der Waals surface area (Å²) in [5.41, 5.74) is 1.84. The number of nitrogens with one attached hydrogen (secondary N) is 1. The Morgan fingerprint density at radius 3 is 2.32 bits per heavy atom. The van der Waals surface area contributed by atoms with Crippen LogP contribution in [0.4, 0.5) is 11.4 Å². The van der Waals surface area contributed by atoms with Gasteiger partial charge in [-0.25, -0.2) is 13.2 Å². The molecule has 7 nitrogen and oxygen atoms in total. The van der Waals surface area contributed by atoms with E-state index in [0.29, 0.717) is 31.1 Å². The molecule has 0 bridgehead atoms. The maximum atomic E-state index is 12.8. The van der Waals surface area contributed by atoms with Crippen LogP contribution in [-0.4, -0.2) is 32.6 Å². The minimum absolute atomic E-state index is 0.0407. The lowest BCUT2D eigenvalue weighted by atomic mass is 10.1. The Kier molecular flexibility index (Phi) is 8.54. The van der Waals surface area contributed by atoms with Crippen LogP contribution in [0, 0.1) is 0 Å². The molecule has 0 saturated heterocycles. The standard InChI is InChI=1S/C26H30N2O5S/c1-3-5-17-28(19-20-9-7-6-8-10-20)25-16-11-21(18-24(25)26(29)30)27-34(31,32)23-14-12-22(13-15-23)33-4-2/h6-16,18,27H,3-5,17,19H2,1-2H3,(H,29,30). The second-order valence-electron chi connectivity index (χ2n) is 7.81. The highest BCUT2D eigenvalue weighted by molar-refractivity contribution is 7.92. The molecule has 8 heteroatoms. The average Bonchev–Trinajstić information content (AvgIpc) is 2.83. The fourth-order valence-corrected chi connectivity index (χ4v) is 4.63. The topological polar surface area (TPSA) is 95.9 Å². The van der Waals surface area contributed by atoms with Crippen molar-refractivity contribution in [3.8, 4) is 5.75 Å². The molecule has 0 spiro atoms. The van der Waals surface area contributed by atoms with Crippen LogP contribution < -0.4 is 14.4 Å². The van der Waals surface area contributed by atoms with Crippen molar-refractivity contribution in [3.63, 3.8) is 0 Å². The number of benzene rings is 3. The number of sulfonamides is 1. The summed E-state index contributed by atoms with van der Waals surface area (Å²) in [6.07, 6.45) is 1.87. The Hall–Kier alpha value is -3.52. The van der Waals surface area contributed by atoms with E-state index in [0.717, 1.165) is 18.4 Å². The summed E-state index contributed by atoms with van der Waals surface area (Å²) in [6.45, 7) is 5.65. The second kappa shape index (κ2) is 11.6. The number of carboxylic acid groups (broad SMARTS) is 1. The number of rotatable bonds is 12. The maximum Gasteiger partial charge on any atom is 0.337 e. The predicted molar refractivity (Wildman–Crippen MR) is 134 cm³/mol. The van der Waals surface area contributed by atoms with Gasteiger partial charge in [-0.1, -0.05) is 43.7 Å². The first-order valence-electron chi connectivity index (χ1n) is 11.3. The number of hydrogen-bond donors (Lipinski definition) is 2. The van der Waals surface area contributed by atoms with Gasteiger partial charge in [-0.05, 0) is 61.4 Å². The Bertz CT molecular complexity index is 1200. The van der Waals surface area contributed by atoms with Crippen LogP contribution in [0.15, 0.2) is 77.7 Å². The number of unbranched alkanes of at least 4 members (excludes halogenated alkanes) is 1. The van der Waals surface area contributed by atoms with Gasteiger partial charge in [0.1, 0.15) is 5.75 Å². The monoisotopic (exact) mass is 482 g/mol. The van der Waals surface area contributed by atoms with Crippen LogP contribution in [-0.2, 0) is 16.6 Å². The van der Waals surface area contributed by atoms with Crippen molar-refractivity contribution in [1.29, 1.82) is 0 Å². The third kappa shape index (κ3) is 6.51. The van der Waals surface area contributed by atoms with Gasteiger partial charge in [0.25, 0.3) is 10.0 Å². The second-order valence-corrected chi connectivity index (χ2v) is 9.49. The maximum absolute atomic E-state index is 12.8. The van der Waals surface area contributed by atoms with E-state index in [1.54, 1.807) is 24.3 Å². The van der Waals surface area contributed by atoms with Gasteiger partial charge in [-0.15, -0.1) is 0 Å². The van der Waals surface area contributed by atoms with Crippen molar-refractivity contribution in [2.24, 2.45) is 0 Å². The molecule has 0 aliphatic heterocycles. The van der Waals surface area contributed by atoms with Gasteiger partial charge in [0.2, 0.25) is 0 Å². The van der Waals surface area contributed by atoms with E-state index in [4.69, 9.17) is 4.74 Å². The summed E-state index contributed by atoms with van der Waals surface area (Å²) < 4.78 is 33.5. The van der Waals surface area contributed by atoms with E-state index in [-0.39, 0.29) is 16.1 Å². The van der Waals surface area contributed by atoms with Crippen LogP contribution in [0.2, 0.25) is 0 Å². The van der Waals surface area contributed by atoms with Gasteiger partial charge in [-0.3, -0.25) is 4.72 Å². The number of ether oxygens (including phenoxy) is 1. The number of hydrogen-bond acceptors (Lipinski definition) is 5. The highest BCUT2D eigenvalue weighted by Crippen LogP contribution is 2.28. The van der Waals surface area contributed by atoms with Gasteiger partial charge in [-0.2, -0.15) is 0 Å². The van der Waals surface area contributed by atoms with E-state index < -0.39 is 16.0 Å². The average molecular weight is 483 g/mol.